The van der Waals surface area contributed by atoms with E-state index in [0.29, 0.717) is 17.6 Å². The van der Waals surface area contributed by atoms with E-state index in [2.05, 4.69) is 14.8 Å². The molecule has 0 saturated carbocycles. The Morgan fingerprint density at radius 3 is 2.68 bits per heavy atom. The molecule has 2 aromatic carbocycles. The first-order valence-corrected chi connectivity index (χ1v) is 10.3. The molecule has 0 bridgehead atoms. The van der Waals surface area contributed by atoms with Gasteiger partial charge in [-0.05, 0) is 42.8 Å². The van der Waals surface area contributed by atoms with Gasteiger partial charge in [0.15, 0.2) is 0 Å². The molecule has 34 heavy (non-hydrogen) atoms. The Morgan fingerprint density at radius 2 is 2.00 bits per heavy atom. The minimum atomic E-state index is -0.744. The van der Waals surface area contributed by atoms with E-state index in [9.17, 15) is 14.4 Å². The normalized spacial score (nSPS) is 10.8. The number of hydrogen-bond donors (Lipinski definition) is 0. The fourth-order valence-electron chi connectivity index (χ4n) is 3.55. The minimum Gasteiger partial charge on any atom is -0.465 e. The first-order chi connectivity index (χ1) is 16.3. The number of aryl methyl sites for hydroxylation is 1. The maximum absolute atomic E-state index is 15.0. The maximum atomic E-state index is 15.0. The molecular weight excluding hydrogens is 465 g/mol. The maximum Gasteiger partial charge on any atom is 0.337 e. The van der Waals surface area contributed by atoms with Gasteiger partial charge in [-0.3, -0.25) is 14.6 Å². The SMILES string of the molecule is COC(=O)c1ccc(-c2nn(C(=O)c3c(C)cccc3Cl)c3cc(COC=O)cnc23)c(F)c1. The third-order valence-electron chi connectivity index (χ3n) is 5.17. The van der Waals surface area contributed by atoms with Crippen LogP contribution in [0.1, 0.15) is 31.8 Å². The van der Waals surface area contributed by atoms with Crippen LogP contribution < -0.4 is 0 Å². The molecule has 10 heteroatoms. The van der Waals surface area contributed by atoms with E-state index in [1.807, 2.05) is 0 Å². The van der Waals surface area contributed by atoms with Crippen LogP contribution in [-0.2, 0) is 20.9 Å². The van der Waals surface area contributed by atoms with Crippen LogP contribution in [0.3, 0.4) is 0 Å². The number of pyridine rings is 1. The number of esters is 1. The molecule has 172 valence electrons. The molecule has 0 atom stereocenters. The van der Waals surface area contributed by atoms with E-state index < -0.39 is 17.7 Å². The second kappa shape index (κ2) is 9.40. The van der Waals surface area contributed by atoms with E-state index >= 15 is 4.39 Å². The van der Waals surface area contributed by atoms with Gasteiger partial charge in [0.2, 0.25) is 0 Å². The summed E-state index contributed by atoms with van der Waals surface area (Å²) in [5.41, 5.74) is 2.00. The summed E-state index contributed by atoms with van der Waals surface area (Å²) in [5.74, 6) is -1.98. The van der Waals surface area contributed by atoms with Gasteiger partial charge in [0, 0.05) is 17.3 Å². The van der Waals surface area contributed by atoms with Gasteiger partial charge >= 0.3 is 5.97 Å². The number of methoxy groups -OCH3 is 1. The molecule has 0 saturated heterocycles. The van der Waals surface area contributed by atoms with Crippen molar-refractivity contribution in [2.45, 2.75) is 13.5 Å². The number of nitrogens with zero attached hydrogens (tertiary/aromatic N) is 3. The number of aromatic nitrogens is 3. The minimum absolute atomic E-state index is 0.0245. The lowest BCUT2D eigenvalue weighted by Crippen LogP contribution is -2.16. The molecule has 0 N–H and O–H groups in total. The van der Waals surface area contributed by atoms with Gasteiger partial charge < -0.3 is 9.47 Å². The van der Waals surface area contributed by atoms with Crippen molar-refractivity contribution in [1.82, 2.24) is 14.8 Å². The average molecular weight is 482 g/mol. The van der Waals surface area contributed by atoms with Gasteiger partial charge in [0.1, 0.15) is 23.6 Å². The van der Waals surface area contributed by atoms with Gasteiger partial charge in [0.25, 0.3) is 12.4 Å². The molecule has 2 aromatic heterocycles. The van der Waals surface area contributed by atoms with E-state index in [-0.39, 0.29) is 45.0 Å². The molecular formula is C24H17ClFN3O5. The van der Waals surface area contributed by atoms with Crippen molar-refractivity contribution >= 4 is 41.0 Å². The third-order valence-corrected chi connectivity index (χ3v) is 5.48. The summed E-state index contributed by atoms with van der Waals surface area (Å²) >= 11 is 6.29. The van der Waals surface area contributed by atoms with Crippen molar-refractivity contribution in [2.75, 3.05) is 7.11 Å². The number of hydrogen-bond acceptors (Lipinski definition) is 7. The van der Waals surface area contributed by atoms with Crippen molar-refractivity contribution < 1.29 is 28.2 Å². The Hall–Kier alpha value is -4.11. The van der Waals surface area contributed by atoms with Crippen LogP contribution in [0.15, 0.2) is 48.7 Å². The Morgan fingerprint density at radius 1 is 1.21 bits per heavy atom. The molecule has 0 aliphatic carbocycles. The molecule has 0 fully saturated rings. The molecule has 4 aromatic rings. The van der Waals surface area contributed by atoms with Crippen LogP contribution in [0.5, 0.6) is 0 Å². The standard InChI is InChI=1S/C24H17ClFN3O5/c1-13-4-3-5-17(25)20(13)23(31)29-19-8-14(11-34-12-30)10-27-22(19)21(28-29)16-7-6-15(9-18(16)26)24(32)33-2/h3-10,12H,11H2,1-2H3. The van der Waals surface area contributed by atoms with E-state index in [1.165, 1.54) is 25.4 Å². The second-order valence-corrected chi connectivity index (χ2v) is 7.71. The number of ether oxygens (including phenoxy) is 2. The van der Waals surface area contributed by atoms with Crippen LogP contribution in [0, 0.1) is 12.7 Å². The molecule has 8 nitrogen and oxygen atoms in total. The van der Waals surface area contributed by atoms with Gasteiger partial charge in [-0.2, -0.15) is 9.78 Å². The van der Waals surface area contributed by atoms with E-state index in [4.69, 9.17) is 16.3 Å². The topological polar surface area (TPSA) is 100 Å². The largest absolute Gasteiger partial charge is 0.465 e. The lowest BCUT2D eigenvalue weighted by atomic mass is 10.1. The summed E-state index contributed by atoms with van der Waals surface area (Å²) < 4.78 is 25.5. The highest BCUT2D eigenvalue weighted by molar-refractivity contribution is 6.34. The second-order valence-electron chi connectivity index (χ2n) is 7.30. The van der Waals surface area contributed by atoms with Gasteiger partial charge in [-0.1, -0.05) is 23.7 Å². The average Bonchev–Trinajstić information content (AvgIpc) is 3.20. The Labute approximate surface area is 197 Å². The summed E-state index contributed by atoms with van der Waals surface area (Å²) in [6.45, 7) is 1.95. The van der Waals surface area contributed by atoms with E-state index in [1.54, 1.807) is 31.2 Å². The highest BCUT2D eigenvalue weighted by atomic mass is 35.5. The van der Waals surface area contributed by atoms with Crippen LogP contribution in [0.4, 0.5) is 4.39 Å². The zero-order valence-corrected chi connectivity index (χ0v) is 18.8. The highest BCUT2D eigenvalue weighted by Crippen LogP contribution is 2.31. The van der Waals surface area contributed by atoms with Crippen LogP contribution in [0.2, 0.25) is 5.02 Å². The van der Waals surface area contributed by atoms with Crippen LogP contribution in [-0.4, -0.2) is 40.2 Å². The number of benzene rings is 2. The fraction of sp³-hybridized carbons (Fsp3) is 0.125. The molecule has 0 spiro atoms. The third kappa shape index (κ3) is 4.13. The molecule has 0 aliphatic heterocycles. The zero-order valence-electron chi connectivity index (χ0n) is 18.0. The Balaban J connectivity index is 1.93. The predicted molar refractivity (Wildman–Crippen MR) is 121 cm³/mol. The summed E-state index contributed by atoms with van der Waals surface area (Å²) in [4.78, 5) is 40.2. The number of halogens is 2. The lowest BCUT2D eigenvalue weighted by molar-refractivity contribution is -0.129. The predicted octanol–water partition coefficient (Wildman–Crippen LogP) is 4.35. The molecule has 2 heterocycles. The summed E-state index contributed by atoms with van der Waals surface area (Å²) in [6.07, 6.45) is 1.44. The monoisotopic (exact) mass is 481 g/mol. The Bertz CT molecular complexity index is 1430. The van der Waals surface area contributed by atoms with Crippen molar-refractivity contribution in [1.29, 1.82) is 0 Å². The molecule has 0 radical (unpaired) electrons. The summed E-state index contributed by atoms with van der Waals surface area (Å²) in [7, 11) is 1.20. The fourth-order valence-corrected chi connectivity index (χ4v) is 3.85. The highest BCUT2D eigenvalue weighted by Gasteiger charge is 2.24. The Kier molecular flexibility index (Phi) is 6.38. The van der Waals surface area contributed by atoms with E-state index in [0.717, 1.165) is 10.7 Å². The van der Waals surface area contributed by atoms with Gasteiger partial charge in [0.05, 0.1) is 28.8 Å². The van der Waals surface area contributed by atoms with Crippen molar-refractivity contribution in [2.24, 2.45) is 0 Å². The number of carbonyl (C=O) groups is 3. The molecule has 0 aliphatic rings. The van der Waals surface area contributed by atoms with Gasteiger partial charge in [-0.25, -0.2) is 9.18 Å². The summed E-state index contributed by atoms with van der Waals surface area (Å²) in [6, 6.07) is 10.4. The zero-order chi connectivity index (χ0) is 24.4. The van der Waals surface area contributed by atoms with Crippen molar-refractivity contribution in [3.05, 3.63) is 81.8 Å². The first-order valence-electron chi connectivity index (χ1n) is 9.96. The first kappa shape index (κ1) is 23.1. The van der Waals surface area contributed by atoms with Gasteiger partial charge in [-0.15, -0.1) is 0 Å². The number of carbonyl (C=O) groups excluding carboxylic acids is 3. The molecule has 0 unspecified atom stereocenters. The number of rotatable bonds is 6. The van der Waals surface area contributed by atoms with Crippen LogP contribution >= 0.6 is 11.6 Å². The quantitative estimate of drug-likeness (QED) is 0.298. The smallest absolute Gasteiger partial charge is 0.337 e. The summed E-state index contributed by atoms with van der Waals surface area (Å²) in [5, 5.41) is 4.61. The van der Waals surface area contributed by atoms with Crippen molar-refractivity contribution in [3.63, 3.8) is 0 Å². The molecule has 4 rings (SSSR count). The lowest BCUT2D eigenvalue weighted by Gasteiger charge is -2.08. The number of fused-ring (bicyclic) bond motifs is 1. The molecule has 0 amide bonds. The van der Waals surface area contributed by atoms with Crippen molar-refractivity contribution in [3.8, 4) is 11.3 Å². The van der Waals surface area contributed by atoms with Crippen LogP contribution in [0.25, 0.3) is 22.3 Å².